The monoisotopic (exact) mass is 417 g/mol. The summed E-state index contributed by atoms with van der Waals surface area (Å²) in [6.07, 6.45) is 2.43. The van der Waals surface area contributed by atoms with Crippen LogP contribution in [0.5, 0.6) is 0 Å². The average molecular weight is 418 g/mol. The Bertz CT molecular complexity index is 862. The van der Waals surface area contributed by atoms with Gasteiger partial charge in [0.25, 0.3) is 5.91 Å². The van der Waals surface area contributed by atoms with Crippen molar-refractivity contribution in [2.75, 3.05) is 26.2 Å². The Morgan fingerprint density at radius 2 is 2.00 bits per heavy atom. The molecule has 1 N–H and O–H groups in total. The van der Waals surface area contributed by atoms with Crippen molar-refractivity contribution in [3.8, 4) is 0 Å². The minimum Gasteiger partial charge on any atom is -0.347 e. The van der Waals surface area contributed by atoms with Gasteiger partial charge in [0, 0.05) is 31.1 Å². The van der Waals surface area contributed by atoms with E-state index in [0.717, 1.165) is 19.3 Å². The minimum atomic E-state index is -0.254. The number of hydrogen-bond donors (Lipinski definition) is 1. The maximum Gasteiger partial charge on any atom is 0.263 e. The highest BCUT2D eigenvalue weighted by atomic mass is 32.1. The Kier molecular flexibility index (Phi) is 5.77. The lowest BCUT2D eigenvalue weighted by Gasteiger charge is -2.32. The Balaban J connectivity index is 1.27. The molecule has 28 heavy (non-hydrogen) atoms. The van der Waals surface area contributed by atoms with E-state index < -0.39 is 0 Å². The highest BCUT2D eigenvalue weighted by molar-refractivity contribution is 7.12. The molecule has 0 spiro atoms. The van der Waals surface area contributed by atoms with E-state index in [2.05, 4.69) is 16.8 Å². The van der Waals surface area contributed by atoms with Crippen LogP contribution in [0, 0.1) is 5.92 Å². The molecule has 0 aromatic carbocycles. The van der Waals surface area contributed by atoms with E-state index in [-0.39, 0.29) is 30.2 Å². The average Bonchev–Trinajstić information content (AvgIpc) is 3.42. The second-order valence-corrected chi connectivity index (χ2v) is 9.17. The number of carbonyl (C=O) groups excluding carboxylic acids is 3. The molecule has 3 amide bonds. The summed E-state index contributed by atoms with van der Waals surface area (Å²) in [5.74, 6) is -0.448. The molecule has 2 aliphatic rings. The number of piperidine rings is 1. The fraction of sp³-hybridized carbons (Fsp3) is 0.450. The summed E-state index contributed by atoms with van der Waals surface area (Å²) in [6.45, 7) is 2.44. The van der Waals surface area contributed by atoms with Crippen LogP contribution in [-0.2, 0) is 22.6 Å². The van der Waals surface area contributed by atoms with E-state index >= 15 is 0 Å². The Morgan fingerprint density at radius 3 is 2.82 bits per heavy atom. The molecule has 0 aliphatic carbocycles. The van der Waals surface area contributed by atoms with Gasteiger partial charge in [-0.1, -0.05) is 6.07 Å². The van der Waals surface area contributed by atoms with E-state index in [1.165, 1.54) is 21.8 Å². The molecule has 4 rings (SSSR count). The van der Waals surface area contributed by atoms with Gasteiger partial charge in [0.1, 0.15) is 0 Å². The summed E-state index contributed by atoms with van der Waals surface area (Å²) in [6, 6.07) is 5.74. The molecule has 2 aromatic rings. The number of rotatable bonds is 4. The molecule has 2 aliphatic heterocycles. The molecule has 0 bridgehead atoms. The molecule has 1 fully saturated rings. The number of carbonyl (C=O) groups is 3. The van der Waals surface area contributed by atoms with Gasteiger partial charge >= 0.3 is 0 Å². The number of likely N-dealkylation sites (tertiary alicyclic amines) is 1. The summed E-state index contributed by atoms with van der Waals surface area (Å²) in [5.41, 5.74) is 1.21. The highest BCUT2D eigenvalue weighted by Gasteiger charge is 2.30. The van der Waals surface area contributed by atoms with Crippen LogP contribution in [0.2, 0.25) is 0 Å². The zero-order valence-electron chi connectivity index (χ0n) is 15.6. The van der Waals surface area contributed by atoms with Crippen molar-refractivity contribution in [3.05, 3.63) is 44.3 Å². The third-order valence-electron chi connectivity index (χ3n) is 5.39. The minimum absolute atomic E-state index is 0.0107. The third-order valence-corrected chi connectivity index (χ3v) is 7.27. The predicted molar refractivity (Wildman–Crippen MR) is 109 cm³/mol. The van der Waals surface area contributed by atoms with Gasteiger partial charge in [-0.15, -0.1) is 22.7 Å². The van der Waals surface area contributed by atoms with E-state index in [9.17, 15) is 14.4 Å². The zero-order valence-corrected chi connectivity index (χ0v) is 17.2. The quantitative estimate of drug-likeness (QED) is 0.830. The summed E-state index contributed by atoms with van der Waals surface area (Å²) >= 11 is 3.16. The largest absolute Gasteiger partial charge is 0.347 e. The van der Waals surface area contributed by atoms with E-state index in [1.807, 2.05) is 22.4 Å². The standard InChI is InChI=1S/C20H23N3O3S2/c24-18(22-8-5-16-14(12-22)6-10-28-16)11-21-19(25)15-3-1-7-23(13-15)20(26)17-4-2-9-27-17/h2,4,6,9-10,15H,1,3,5,7-8,11-13H2,(H,21,25). The fourth-order valence-electron chi connectivity index (χ4n) is 3.81. The summed E-state index contributed by atoms with van der Waals surface area (Å²) in [7, 11) is 0. The lowest BCUT2D eigenvalue weighted by Crippen LogP contribution is -2.48. The molecule has 148 valence electrons. The van der Waals surface area contributed by atoms with Gasteiger partial charge in [-0.05, 0) is 47.7 Å². The number of nitrogens with one attached hydrogen (secondary N) is 1. The number of fused-ring (bicyclic) bond motifs is 1. The highest BCUT2D eigenvalue weighted by Crippen LogP contribution is 2.24. The Labute approximate surface area is 172 Å². The Hall–Kier alpha value is -2.19. The van der Waals surface area contributed by atoms with Crippen LogP contribution in [0.1, 0.15) is 33.0 Å². The summed E-state index contributed by atoms with van der Waals surface area (Å²) < 4.78 is 0. The maximum atomic E-state index is 12.6. The van der Waals surface area contributed by atoms with Crippen LogP contribution in [-0.4, -0.2) is 53.7 Å². The number of amides is 3. The molecular formula is C20H23N3O3S2. The van der Waals surface area contributed by atoms with Gasteiger partial charge in [-0.3, -0.25) is 14.4 Å². The fourth-order valence-corrected chi connectivity index (χ4v) is 5.39. The van der Waals surface area contributed by atoms with Crippen LogP contribution in [0.15, 0.2) is 29.0 Å². The van der Waals surface area contributed by atoms with E-state index in [4.69, 9.17) is 0 Å². The van der Waals surface area contributed by atoms with Crippen molar-refractivity contribution in [2.24, 2.45) is 5.92 Å². The van der Waals surface area contributed by atoms with Crippen LogP contribution >= 0.6 is 22.7 Å². The van der Waals surface area contributed by atoms with Gasteiger partial charge in [-0.25, -0.2) is 0 Å². The van der Waals surface area contributed by atoms with Gasteiger partial charge < -0.3 is 15.1 Å². The zero-order chi connectivity index (χ0) is 19.5. The van der Waals surface area contributed by atoms with Crippen molar-refractivity contribution >= 4 is 40.4 Å². The van der Waals surface area contributed by atoms with Crippen molar-refractivity contribution in [1.82, 2.24) is 15.1 Å². The SMILES string of the molecule is O=C(NCC(=O)N1CCc2sccc2C1)C1CCCN(C(=O)c2cccs2)C1. The van der Waals surface area contributed by atoms with Crippen molar-refractivity contribution in [1.29, 1.82) is 0 Å². The first-order valence-corrected chi connectivity index (χ1v) is 11.3. The lowest BCUT2D eigenvalue weighted by atomic mass is 9.97. The molecule has 1 atom stereocenters. The normalized spacial score (nSPS) is 19.2. The smallest absolute Gasteiger partial charge is 0.263 e. The van der Waals surface area contributed by atoms with Gasteiger partial charge in [0.05, 0.1) is 17.3 Å². The molecule has 1 unspecified atom stereocenters. The van der Waals surface area contributed by atoms with E-state index in [0.29, 0.717) is 31.1 Å². The number of thiophene rings is 2. The van der Waals surface area contributed by atoms with Crippen LogP contribution in [0.3, 0.4) is 0 Å². The number of nitrogens with zero attached hydrogens (tertiary/aromatic N) is 2. The van der Waals surface area contributed by atoms with Gasteiger partial charge in [-0.2, -0.15) is 0 Å². The van der Waals surface area contributed by atoms with Crippen molar-refractivity contribution < 1.29 is 14.4 Å². The summed E-state index contributed by atoms with van der Waals surface area (Å²) in [4.78, 5) is 43.2. The van der Waals surface area contributed by atoms with Gasteiger partial charge in [0.15, 0.2) is 0 Å². The second-order valence-electron chi connectivity index (χ2n) is 7.22. The molecule has 6 nitrogen and oxygen atoms in total. The van der Waals surface area contributed by atoms with Crippen LogP contribution in [0.4, 0.5) is 0 Å². The first-order chi connectivity index (χ1) is 13.6. The lowest BCUT2D eigenvalue weighted by molar-refractivity contribution is -0.135. The molecule has 8 heteroatoms. The number of hydrogen-bond acceptors (Lipinski definition) is 5. The van der Waals surface area contributed by atoms with Crippen molar-refractivity contribution in [3.63, 3.8) is 0 Å². The molecule has 4 heterocycles. The van der Waals surface area contributed by atoms with Gasteiger partial charge in [0.2, 0.25) is 11.8 Å². The van der Waals surface area contributed by atoms with Crippen molar-refractivity contribution in [2.45, 2.75) is 25.8 Å². The molecule has 2 aromatic heterocycles. The molecular weight excluding hydrogens is 394 g/mol. The van der Waals surface area contributed by atoms with E-state index in [1.54, 1.807) is 16.2 Å². The molecule has 0 radical (unpaired) electrons. The third kappa shape index (κ3) is 4.12. The first-order valence-electron chi connectivity index (χ1n) is 9.55. The molecule has 1 saturated heterocycles. The second kappa shape index (κ2) is 8.45. The van der Waals surface area contributed by atoms with Crippen LogP contribution < -0.4 is 5.32 Å². The van der Waals surface area contributed by atoms with Crippen LogP contribution in [0.25, 0.3) is 0 Å². The first kappa shape index (κ1) is 19.1. The maximum absolute atomic E-state index is 12.6. The predicted octanol–water partition coefficient (Wildman–Crippen LogP) is 2.36. The topological polar surface area (TPSA) is 69.7 Å². The Morgan fingerprint density at radius 1 is 1.11 bits per heavy atom. The molecule has 0 saturated carbocycles. The summed E-state index contributed by atoms with van der Waals surface area (Å²) in [5, 5.41) is 6.74.